The van der Waals surface area contributed by atoms with E-state index in [1.165, 1.54) is 5.56 Å². The molecular weight excluding hydrogens is 460 g/mol. The molecule has 0 N–H and O–H groups in total. The minimum absolute atomic E-state index is 0.0901. The molecule has 3 aromatic carbocycles. The summed E-state index contributed by atoms with van der Waals surface area (Å²) in [6, 6.07) is 28.9. The molecule has 0 aliphatic carbocycles. The zero-order valence-corrected chi connectivity index (χ0v) is 21.0. The zero-order chi connectivity index (χ0) is 23.7. The normalized spacial score (nSPS) is 11.8. The lowest BCUT2D eigenvalue weighted by Crippen LogP contribution is -2.47. The Morgan fingerprint density at radius 3 is 2.21 bits per heavy atom. The fraction of sp³-hybridized carbons (Fsp3) is 0.148. The van der Waals surface area contributed by atoms with Crippen molar-refractivity contribution in [1.29, 1.82) is 0 Å². The Labute approximate surface area is 205 Å². The van der Waals surface area contributed by atoms with Crippen molar-refractivity contribution in [1.82, 2.24) is 19.7 Å². The van der Waals surface area contributed by atoms with E-state index in [1.54, 1.807) is 16.9 Å². The highest BCUT2D eigenvalue weighted by atomic mass is 35.5. The number of halogens is 1. The molecule has 0 saturated carbocycles. The van der Waals surface area contributed by atoms with Gasteiger partial charge < -0.3 is 4.43 Å². The molecule has 0 aliphatic heterocycles. The Morgan fingerprint density at radius 2 is 1.50 bits per heavy atom. The summed E-state index contributed by atoms with van der Waals surface area (Å²) in [4.78, 5) is 8.33. The summed E-state index contributed by atoms with van der Waals surface area (Å²) in [5, 5.41) is 8.22. The summed E-state index contributed by atoms with van der Waals surface area (Å²) in [6.07, 6.45) is 1.62. The van der Waals surface area contributed by atoms with Gasteiger partial charge in [-0.15, -0.1) is 5.10 Å². The fourth-order valence-electron chi connectivity index (χ4n) is 3.82. The van der Waals surface area contributed by atoms with Crippen molar-refractivity contribution in [2.24, 2.45) is 0 Å². The van der Waals surface area contributed by atoms with Gasteiger partial charge in [0.05, 0.1) is 10.9 Å². The van der Waals surface area contributed by atoms with E-state index in [-0.39, 0.29) is 10.7 Å². The van der Waals surface area contributed by atoms with Crippen LogP contribution in [0.5, 0.6) is 5.88 Å². The van der Waals surface area contributed by atoms with E-state index in [1.807, 2.05) is 42.5 Å². The quantitative estimate of drug-likeness (QED) is 0.262. The minimum atomic E-state index is -1.61. The molecule has 34 heavy (non-hydrogen) atoms. The molecule has 0 unspecified atom stereocenters. The van der Waals surface area contributed by atoms with E-state index in [9.17, 15) is 0 Å². The third-order valence-electron chi connectivity index (χ3n) is 5.63. The van der Waals surface area contributed by atoms with Gasteiger partial charge in [-0.25, -0.2) is 9.67 Å². The van der Waals surface area contributed by atoms with Crippen molar-refractivity contribution in [3.63, 3.8) is 0 Å². The highest BCUT2D eigenvalue weighted by Gasteiger charge is 2.25. The van der Waals surface area contributed by atoms with Crippen molar-refractivity contribution in [3.8, 4) is 11.7 Å². The number of aromatic nitrogens is 4. The van der Waals surface area contributed by atoms with Crippen LogP contribution in [0, 0.1) is 0 Å². The van der Waals surface area contributed by atoms with E-state index in [4.69, 9.17) is 21.1 Å². The van der Waals surface area contributed by atoms with Gasteiger partial charge in [0.2, 0.25) is 11.2 Å². The average Bonchev–Trinajstić information content (AvgIpc) is 3.21. The monoisotopic (exact) mass is 483 g/mol. The first-order valence-electron chi connectivity index (χ1n) is 11.1. The van der Waals surface area contributed by atoms with Gasteiger partial charge >= 0.3 is 9.04 Å². The highest BCUT2D eigenvalue weighted by Crippen LogP contribution is 2.27. The van der Waals surface area contributed by atoms with Crippen molar-refractivity contribution in [3.05, 3.63) is 102 Å². The number of nitrogens with zero attached hydrogens (tertiary/aromatic N) is 4. The molecule has 2 aromatic heterocycles. The van der Waals surface area contributed by atoms with Crippen LogP contribution in [-0.2, 0) is 5.41 Å². The standard InChI is InChI=1S/C27H24ClN4OSi/c1-27(2,3)19-13-15-21(16-14-19)34(20-9-5-4-6-10-20)33-25-22-11-7-8-12-23(22)32(31-25)24-17-18-29-26(28)30-24/h4-18H,1-3H3. The van der Waals surface area contributed by atoms with Gasteiger partial charge in [0.15, 0.2) is 5.82 Å². The Hall–Kier alpha value is -3.48. The molecule has 2 heterocycles. The van der Waals surface area contributed by atoms with Crippen LogP contribution in [0.1, 0.15) is 26.3 Å². The van der Waals surface area contributed by atoms with Gasteiger partial charge in [-0.05, 0) is 45.1 Å². The average molecular weight is 484 g/mol. The van der Waals surface area contributed by atoms with Gasteiger partial charge in [0, 0.05) is 12.3 Å². The van der Waals surface area contributed by atoms with Crippen molar-refractivity contribution < 1.29 is 4.43 Å². The molecule has 0 atom stereocenters. The lowest BCUT2D eigenvalue weighted by molar-refractivity contribution is 0.559. The van der Waals surface area contributed by atoms with Crippen molar-refractivity contribution in [2.75, 3.05) is 0 Å². The number of hydrogen-bond donors (Lipinski definition) is 0. The first kappa shape index (κ1) is 22.3. The predicted octanol–water partition coefficient (Wildman–Crippen LogP) is 4.95. The first-order chi connectivity index (χ1) is 16.4. The molecule has 169 valence electrons. The molecule has 0 aliphatic rings. The SMILES string of the molecule is CC(C)(C)c1ccc([Si](Oc2nn(-c3ccnc(Cl)n3)c3ccccc23)c2ccccc2)cc1. The number of para-hydroxylation sites is 1. The van der Waals surface area contributed by atoms with Crippen molar-refractivity contribution >= 4 is 41.9 Å². The fourth-order valence-corrected chi connectivity index (χ4v) is 5.84. The van der Waals surface area contributed by atoms with Crippen molar-refractivity contribution in [2.45, 2.75) is 26.2 Å². The second-order valence-electron chi connectivity index (χ2n) is 9.04. The van der Waals surface area contributed by atoms with E-state index in [0.717, 1.165) is 21.3 Å². The Morgan fingerprint density at radius 1 is 0.824 bits per heavy atom. The molecule has 1 radical (unpaired) electrons. The lowest BCUT2D eigenvalue weighted by atomic mass is 9.87. The molecule has 0 amide bonds. The summed E-state index contributed by atoms with van der Waals surface area (Å²) in [6.45, 7) is 6.67. The van der Waals surface area contributed by atoms with Crippen LogP contribution < -0.4 is 14.8 Å². The van der Waals surface area contributed by atoms with Crippen LogP contribution in [0.2, 0.25) is 5.28 Å². The third-order valence-corrected chi connectivity index (χ3v) is 7.92. The van der Waals surface area contributed by atoms with Gasteiger partial charge in [-0.2, -0.15) is 4.98 Å². The van der Waals surface area contributed by atoms with Crippen LogP contribution in [0.15, 0.2) is 91.1 Å². The summed E-state index contributed by atoms with van der Waals surface area (Å²) < 4.78 is 8.51. The zero-order valence-electron chi connectivity index (χ0n) is 19.2. The number of hydrogen-bond acceptors (Lipinski definition) is 4. The van der Waals surface area contributed by atoms with Crippen LogP contribution >= 0.6 is 11.6 Å². The van der Waals surface area contributed by atoms with E-state index < -0.39 is 9.04 Å². The van der Waals surface area contributed by atoms with Gasteiger partial charge in [0.1, 0.15) is 0 Å². The molecular formula is C27H24ClN4OSi. The number of fused-ring (bicyclic) bond motifs is 1. The van der Waals surface area contributed by atoms with E-state index >= 15 is 0 Å². The summed E-state index contributed by atoms with van der Waals surface area (Å²) in [5.41, 5.74) is 2.28. The van der Waals surface area contributed by atoms with Crippen LogP contribution in [0.25, 0.3) is 16.7 Å². The maximum absolute atomic E-state index is 6.75. The maximum Gasteiger partial charge on any atom is 0.354 e. The summed E-state index contributed by atoms with van der Waals surface area (Å²) in [7, 11) is -1.61. The first-order valence-corrected chi connectivity index (χ1v) is 12.9. The third kappa shape index (κ3) is 4.47. The molecule has 7 heteroatoms. The molecule has 0 fully saturated rings. The molecule has 5 rings (SSSR count). The maximum atomic E-state index is 6.75. The van der Waals surface area contributed by atoms with Crippen LogP contribution in [0.3, 0.4) is 0 Å². The van der Waals surface area contributed by atoms with Crippen LogP contribution in [0.4, 0.5) is 0 Å². The topological polar surface area (TPSA) is 52.8 Å². The van der Waals surface area contributed by atoms with Gasteiger partial charge in [0.25, 0.3) is 0 Å². The molecule has 5 aromatic rings. The number of benzene rings is 3. The second kappa shape index (κ2) is 9.04. The molecule has 0 bridgehead atoms. The molecule has 0 spiro atoms. The highest BCUT2D eigenvalue weighted by molar-refractivity contribution is 6.80. The smallest absolute Gasteiger partial charge is 0.354 e. The Kier molecular flexibility index (Phi) is 5.94. The Balaban J connectivity index is 1.60. The minimum Gasteiger partial charge on any atom is -0.518 e. The van der Waals surface area contributed by atoms with E-state index in [0.29, 0.717) is 11.7 Å². The van der Waals surface area contributed by atoms with Gasteiger partial charge in [-0.1, -0.05) is 87.5 Å². The second-order valence-corrected chi connectivity index (χ2v) is 11.4. The number of rotatable bonds is 5. The largest absolute Gasteiger partial charge is 0.518 e. The predicted molar refractivity (Wildman–Crippen MR) is 139 cm³/mol. The van der Waals surface area contributed by atoms with Crippen LogP contribution in [-0.4, -0.2) is 28.8 Å². The Bertz CT molecular complexity index is 1430. The van der Waals surface area contributed by atoms with Gasteiger partial charge in [-0.3, -0.25) is 0 Å². The summed E-state index contributed by atoms with van der Waals surface area (Å²) >= 11 is 6.05. The lowest BCUT2D eigenvalue weighted by Gasteiger charge is -2.21. The molecule has 0 saturated heterocycles. The summed E-state index contributed by atoms with van der Waals surface area (Å²) in [5.74, 6) is 1.16. The van der Waals surface area contributed by atoms with E-state index in [2.05, 4.69) is 67.1 Å². The molecule has 5 nitrogen and oxygen atoms in total.